The first-order valence-electron chi connectivity index (χ1n) is 10.9. The van der Waals surface area contributed by atoms with Gasteiger partial charge in [0.25, 0.3) is 5.71 Å². The van der Waals surface area contributed by atoms with E-state index in [1.54, 1.807) is 0 Å². The highest BCUT2D eigenvalue weighted by Gasteiger charge is 2.27. The molecule has 2 heterocycles. The first-order valence-corrected chi connectivity index (χ1v) is 10.9. The van der Waals surface area contributed by atoms with Gasteiger partial charge in [0, 0.05) is 12.0 Å². The molecule has 0 N–H and O–H groups in total. The van der Waals surface area contributed by atoms with Gasteiger partial charge in [-0.15, -0.1) is 0 Å². The highest BCUT2D eigenvalue weighted by molar-refractivity contribution is 5.77. The molecule has 0 radical (unpaired) electrons. The zero-order valence-corrected chi connectivity index (χ0v) is 18.3. The first kappa shape index (κ1) is 19.7. The van der Waals surface area contributed by atoms with Crippen LogP contribution in [0.4, 0.5) is 0 Å². The third-order valence-corrected chi connectivity index (χ3v) is 5.85. The van der Waals surface area contributed by atoms with Gasteiger partial charge in [-0.2, -0.15) is 9.97 Å². The monoisotopic (exact) mass is 413 g/mol. The Morgan fingerprint density at radius 2 is 1.81 bits per heavy atom. The van der Waals surface area contributed by atoms with Gasteiger partial charge in [-0.25, -0.2) is 4.98 Å². The van der Waals surface area contributed by atoms with E-state index in [1.807, 2.05) is 18.2 Å². The van der Waals surface area contributed by atoms with E-state index in [9.17, 15) is 0 Å². The summed E-state index contributed by atoms with van der Waals surface area (Å²) in [7, 11) is 0. The molecule has 0 saturated heterocycles. The van der Waals surface area contributed by atoms with Gasteiger partial charge >= 0.3 is 0 Å². The molecule has 1 aliphatic rings. The third kappa shape index (κ3) is 4.31. The van der Waals surface area contributed by atoms with Crippen LogP contribution in [-0.4, -0.2) is 21.6 Å². The largest absolute Gasteiger partial charge is 0.476 e. The summed E-state index contributed by atoms with van der Waals surface area (Å²) in [6, 6.07) is 18.6. The lowest BCUT2D eigenvalue weighted by molar-refractivity contribution is 0.289. The summed E-state index contributed by atoms with van der Waals surface area (Å²) in [6.07, 6.45) is 3.11. The normalized spacial score (nSPS) is 14.2. The number of nitrogens with zero attached hydrogens (tertiary/aromatic N) is 3. The molecule has 158 valence electrons. The minimum atomic E-state index is -0.123. The fraction of sp³-hybridized carbons (Fsp3) is 0.346. The molecule has 0 spiro atoms. The molecule has 2 aromatic heterocycles. The fourth-order valence-electron chi connectivity index (χ4n) is 3.79. The Morgan fingerprint density at radius 3 is 2.55 bits per heavy atom. The number of aryl methyl sites for hydroxylation is 1. The Kier molecular flexibility index (Phi) is 4.97. The van der Waals surface area contributed by atoms with Crippen molar-refractivity contribution >= 4 is 11.2 Å². The van der Waals surface area contributed by atoms with Gasteiger partial charge in [0.1, 0.15) is 5.82 Å². The smallest absolute Gasteiger partial charge is 0.254 e. The van der Waals surface area contributed by atoms with E-state index in [0.29, 0.717) is 47.8 Å². The van der Waals surface area contributed by atoms with E-state index in [-0.39, 0.29) is 5.41 Å². The van der Waals surface area contributed by atoms with Crippen molar-refractivity contribution in [1.82, 2.24) is 15.0 Å². The molecule has 0 aliphatic heterocycles. The molecule has 5 rings (SSSR count). The number of hydrogen-bond acceptors (Lipinski definition) is 5. The van der Waals surface area contributed by atoms with Gasteiger partial charge in [0.2, 0.25) is 11.8 Å². The average Bonchev–Trinajstić information content (AvgIpc) is 3.49. The second-order valence-electron chi connectivity index (χ2n) is 9.17. The molecule has 5 nitrogen and oxygen atoms in total. The van der Waals surface area contributed by atoms with Crippen molar-refractivity contribution in [2.24, 2.45) is 5.92 Å². The standard InChI is InChI=1S/C26H27N3O2/c1-17-8-7-9-19(14-17)23-29-22-24(30-16-18-12-13-18)27-21(28-25(22)31-23)15-26(2,3)20-10-5-4-6-11-20/h4-11,14,18H,12-13,15-16H2,1-3H3. The van der Waals surface area contributed by atoms with Crippen LogP contribution in [0.2, 0.25) is 0 Å². The van der Waals surface area contributed by atoms with Gasteiger partial charge in [0.05, 0.1) is 6.61 Å². The van der Waals surface area contributed by atoms with E-state index in [2.05, 4.69) is 57.2 Å². The highest BCUT2D eigenvalue weighted by atomic mass is 16.5. The number of ether oxygens (including phenoxy) is 1. The molecule has 0 atom stereocenters. The number of rotatable bonds is 7. The summed E-state index contributed by atoms with van der Waals surface area (Å²) in [5.74, 6) is 2.40. The SMILES string of the molecule is Cc1cccc(-c2nc3c(OCC4CC4)nc(CC(C)(C)c4ccccc4)nc3o2)c1. The number of hydrogen-bond donors (Lipinski definition) is 0. The van der Waals surface area contributed by atoms with Crippen molar-refractivity contribution in [2.45, 2.75) is 45.4 Å². The molecular weight excluding hydrogens is 386 g/mol. The van der Waals surface area contributed by atoms with Crippen molar-refractivity contribution in [3.8, 4) is 17.3 Å². The second-order valence-corrected chi connectivity index (χ2v) is 9.17. The number of fused-ring (bicyclic) bond motifs is 1. The van der Waals surface area contributed by atoms with Crippen molar-refractivity contribution in [1.29, 1.82) is 0 Å². The minimum absolute atomic E-state index is 0.123. The fourth-order valence-corrected chi connectivity index (χ4v) is 3.79. The first-order chi connectivity index (χ1) is 15.0. The Morgan fingerprint density at radius 1 is 1.00 bits per heavy atom. The van der Waals surface area contributed by atoms with Crippen LogP contribution >= 0.6 is 0 Å². The highest BCUT2D eigenvalue weighted by Crippen LogP contribution is 2.34. The van der Waals surface area contributed by atoms with Crippen LogP contribution in [0.25, 0.3) is 22.7 Å². The van der Waals surface area contributed by atoms with E-state index >= 15 is 0 Å². The maximum Gasteiger partial charge on any atom is 0.254 e. The topological polar surface area (TPSA) is 61.0 Å². The van der Waals surface area contributed by atoms with Crippen LogP contribution in [0.5, 0.6) is 5.88 Å². The summed E-state index contributed by atoms with van der Waals surface area (Å²) in [5.41, 5.74) is 4.28. The van der Waals surface area contributed by atoms with Gasteiger partial charge in [-0.1, -0.05) is 61.9 Å². The Bertz CT molecular complexity index is 1210. The van der Waals surface area contributed by atoms with Gasteiger partial charge < -0.3 is 9.15 Å². The van der Waals surface area contributed by atoms with E-state index in [4.69, 9.17) is 24.1 Å². The van der Waals surface area contributed by atoms with Gasteiger partial charge in [-0.05, 0) is 48.8 Å². The lowest BCUT2D eigenvalue weighted by atomic mass is 9.81. The lowest BCUT2D eigenvalue weighted by Crippen LogP contribution is -2.22. The van der Waals surface area contributed by atoms with E-state index in [1.165, 1.54) is 18.4 Å². The molecular formula is C26H27N3O2. The van der Waals surface area contributed by atoms with E-state index < -0.39 is 0 Å². The minimum Gasteiger partial charge on any atom is -0.476 e. The van der Waals surface area contributed by atoms with Crippen molar-refractivity contribution in [2.75, 3.05) is 6.61 Å². The number of oxazole rings is 1. The molecule has 5 heteroatoms. The van der Waals surface area contributed by atoms with Crippen LogP contribution in [-0.2, 0) is 11.8 Å². The van der Waals surface area contributed by atoms with Crippen molar-refractivity contribution < 1.29 is 9.15 Å². The Balaban J connectivity index is 1.53. The van der Waals surface area contributed by atoms with Crippen molar-refractivity contribution in [3.63, 3.8) is 0 Å². The zero-order valence-electron chi connectivity index (χ0n) is 18.3. The second kappa shape index (κ2) is 7.80. The molecule has 4 aromatic rings. The summed E-state index contributed by atoms with van der Waals surface area (Å²) >= 11 is 0. The molecule has 0 amide bonds. The summed E-state index contributed by atoms with van der Waals surface area (Å²) in [4.78, 5) is 14.2. The molecule has 2 aromatic carbocycles. The number of benzene rings is 2. The molecule has 0 unspecified atom stereocenters. The summed E-state index contributed by atoms with van der Waals surface area (Å²) < 4.78 is 12.2. The molecule has 0 bridgehead atoms. The Labute approximate surface area is 182 Å². The average molecular weight is 414 g/mol. The maximum atomic E-state index is 6.10. The van der Waals surface area contributed by atoms with Crippen LogP contribution in [0.15, 0.2) is 59.0 Å². The van der Waals surface area contributed by atoms with Crippen LogP contribution in [0.1, 0.15) is 43.6 Å². The lowest BCUT2D eigenvalue weighted by Gasteiger charge is -2.24. The predicted molar refractivity (Wildman–Crippen MR) is 121 cm³/mol. The molecule has 1 fully saturated rings. The van der Waals surface area contributed by atoms with E-state index in [0.717, 1.165) is 11.1 Å². The zero-order chi connectivity index (χ0) is 21.4. The van der Waals surface area contributed by atoms with Gasteiger partial charge in [0.15, 0.2) is 5.52 Å². The van der Waals surface area contributed by atoms with Crippen molar-refractivity contribution in [3.05, 3.63) is 71.5 Å². The predicted octanol–water partition coefficient (Wildman–Crippen LogP) is 5.90. The van der Waals surface area contributed by atoms with Gasteiger partial charge in [-0.3, -0.25) is 0 Å². The third-order valence-electron chi connectivity index (χ3n) is 5.85. The molecule has 31 heavy (non-hydrogen) atoms. The van der Waals surface area contributed by atoms with Crippen LogP contribution in [0, 0.1) is 12.8 Å². The quantitative estimate of drug-likeness (QED) is 0.377. The summed E-state index contributed by atoms with van der Waals surface area (Å²) in [5, 5.41) is 0. The van der Waals surface area contributed by atoms with Crippen LogP contribution in [0.3, 0.4) is 0 Å². The Hall–Kier alpha value is -3.21. The summed E-state index contributed by atoms with van der Waals surface area (Å²) in [6.45, 7) is 7.14. The molecule has 1 aliphatic carbocycles. The molecule has 1 saturated carbocycles. The van der Waals surface area contributed by atoms with Crippen LogP contribution < -0.4 is 4.74 Å². The number of aromatic nitrogens is 3. The maximum absolute atomic E-state index is 6.10.